The van der Waals surface area contributed by atoms with Crippen LogP contribution in [0.15, 0.2) is 24.3 Å². The van der Waals surface area contributed by atoms with Crippen LogP contribution in [-0.4, -0.2) is 58.5 Å². The van der Waals surface area contributed by atoms with Crippen molar-refractivity contribution >= 4 is 5.97 Å². The third-order valence-electron chi connectivity index (χ3n) is 3.14. The van der Waals surface area contributed by atoms with E-state index in [4.69, 9.17) is 28.4 Å². The summed E-state index contributed by atoms with van der Waals surface area (Å²) >= 11 is 0. The van der Waals surface area contributed by atoms with E-state index in [1.54, 1.807) is 26.2 Å². The summed E-state index contributed by atoms with van der Waals surface area (Å²) in [7, 11) is 1.57. The number of rotatable bonds is 9. The Morgan fingerprint density at radius 3 is 2.61 bits per heavy atom. The first kappa shape index (κ1) is 17.5. The summed E-state index contributed by atoms with van der Waals surface area (Å²) in [6.07, 6.45) is -1.12. The molecule has 23 heavy (non-hydrogen) atoms. The van der Waals surface area contributed by atoms with Crippen LogP contribution in [0.25, 0.3) is 0 Å². The van der Waals surface area contributed by atoms with E-state index in [1.165, 1.54) is 0 Å². The van der Waals surface area contributed by atoms with Gasteiger partial charge in [0.2, 0.25) is 0 Å². The Bertz CT molecular complexity index is 485. The molecule has 1 fully saturated rings. The summed E-state index contributed by atoms with van der Waals surface area (Å²) in [5.41, 5.74) is 0. The molecular weight excluding hydrogens is 304 g/mol. The van der Waals surface area contributed by atoms with Crippen LogP contribution in [0.1, 0.15) is 6.92 Å². The van der Waals surface area contributed by atoms with Gasteiger partial charge in [0, 0.05) is 0 Å². The number of para-hydroxylation sites is 2. The highest BCUT2D eigenvalue weighted by Crippen LogP contribution is 2.26. The first-order valence-electron chi connectivity index (χ1n) is 7.50. The zero-order valence-electron chi connectivity index (χ0n) is 13.4. The molecule has 1 aliphatic rings. The van der Waals surface area contributed by atoms with Gasteiger partial charge in [-0.1, -0.05) is 12.1 Å². The van der Waals surface area contributed by atoms with Gasteiger partial charge in [-0.15, -0.1) is 0 Å². The minimum absolute atomic E-state index is 0.157. The van der Waals surface area contributed by atoms with Crippen LogP contribution in [0, 0.1) is 0 Å². The Labute approximate surface area is 135 Å². The van der Waals surface area contributed by atoms with Crippen molar-refractivity contribution in [2.45, 2.75) is 19.3 Å². The predicted molar refractivity (Wildman–Crippen MR) is 80.6 cm³/mol. The van der Waals surface area contributed by atoms with Gasteiger partial charge in [-0.25, -0.2) is 4.79 Å². The normalized spacial score (nSPS) is 16.1. The van der Waals surface area contributed by atoms with Crippen LogP contribution >= 0.6 is 0 Å². The van der Waals surface area contributed by atoms with Gasteiger partial charge < -0.3 is 28.4 Å². The van der Waals surface area contributed by atoms with E-state index in [9.17, 15) is 4.79 Å². The minimum Gasteiger partial charge on any atom is -0.493 e. The summed E-state index contributed by atoms with van der Waals surface area (Å²) in [5.74, 6) is 0.760. The van der Waals surface area contributed by atoms with Crippen LogP contribution in [0.5, 0.6) is 11.5 Å². The van der Waals surface area contributed by atoms with E-state index in [0.29, 0.717) is 31.3 Å². The molecule has 1 unspecified atom stereocenters. The topological polar surface area (TPSA) is 72.5 Å². The highest BCUT2D eigenvalue weighted by Gasteiger charge is 2.29. The molecule has 1 aromatic rings. The maximum Gasteiger partial charge on any atom is 0.332 e. The van der Waals surface area contributed by atoms with Crippen molar-refractivity contribution in [3.8, 4) is 11.5 Å². The van der Waals surface area contributed by atoms with Crippen LogP contribution in [-0.2, 0) is 23.7 Å². The number of ether oxygens (including phenoxy) is 6. The molecule has 0 bridgehead atoms. The second kappa shape index (κ2) is 9.34. The maximum absolute atomic E-state index is 11.4. The molecule has 0 aliphatic carbocycles. The molecule has 0 N–H and O–H groups in total. The standard InChI is InChI=1S/C16H22O7/c1-3-19-15(17)11-23-14(16-20-8-9-21-16)10-22-13-7-5-4-6-12(13)18-2/h4-7,14,16H,3,8-11H2,1-2H3. The molecule has 7 heteroatoms. The third kappa shape index (κ3) is 5.38. The van der Waals surface area contributed by atoms with Crippen molar-refractivity contribution in [2.24, 2.45) is 0 Å². The van der Waals surface area contributed by atoms with E-state index < -0.39 is 18.4 Å². The molecule has 0 radical (unpaired) electrons. The molecule has 1 aromatic carbocycles. The van der Waals surface area contributed by atoms with E-state index >= 15 is 0 Å². The second-order valence-corrected chi connectivity index (χ2v) is 4.73. The molecular formula is C16H22O7. The average Bonchev–Trinajstić information content (AvgIpc) is 3.10. The monoisotopic (exact) mass is 326 g/mol. The number of benzene rings is 1. The molecule has 0 aromatic heterocycles. The number of carbonyl (C=O) groups is 1. The van der Waals surface area contributed by atoms with Gasteiger partial charge in [0.15, 0.2) is 17.8 Å². The van der Waals surface area contributed by atoms with Crippen molar-refractivity contribution in [1.29, 1.82) is 0 Å². The number of carbonyl (C=O) groups excluding carboxylic acids is 1. The lowest BCUT2D eigenvalue weighted by Gasteiger charge is -2.23. The van der Waals surface area contributed by atoms with Crippen molar-refractivity contribution in [1.82, 2.24) is 0 Å². The van der Waals surface area contributed by atoms with Gasteiger partial charge in [-0.3, -0.25) is 0 Å². The van der Waals surface area contributed by atoms with E-state index in [0.717, 1.165) is 0 Å². The number of methoxy groups -OCH3 is 1. The zero-order chi connectivity index (χ0) is 16.5. The Morgan fingerprint density at radius 2 is 1.96 bits per heavy atom. The van der Waals surface area contributed by atoms with Crippen LogP contribution in [0.3, 0.4) is 0 Å². The number of esters is 1. The molecule has 1 aliphatic heterocycles. The molecule has 0 amide bonds. The second-order valence-electron chi connectivity index (χ2n) is 4.73. The first-order valence-corrected chi connectivity index (χ1v) is 7.50. The first-order chi connectivity index (χ1) is 11.2. The fourth-order valence-electron chi connectivity index (χ4n) is 2.08. The quantitative estimate of drug-likeness (QED) is 0.635. The summed E-state index contributed by atoms with van der Waals surface area (Å²) in [6, 6.07) is 7.28. The zero-order valence-corrected chi connectivity index (χ0v) is 13.4. The summed E-state index contributed by atoms with van der Waals surface area (Å²) in [4.78, 5) is 11.4. The Hall–Kier alpha value is -1.83. The fourth-order valence-corrected chi connectivity index (χ4v) is 2.08. The van der Waals surface area contributed by atoms with Crippen molar-refractivity contribution in [3.63, 3.8) is 0 Å². The smallest absolute Gasteiger partial charge is 0.332 e. The molecule has 0 saturated carbocycles. The average molecular weight is 326 g/mol. The molecule has 128 valence electrons. The molecule has 0 spiro atoms. The summed E-state index contributed by atoms with van der Waals surface area (Å²) in [5, 5.41) is 0. The minimum atomic E-state index is -0.570. The van der Waals surface area contributed by atoms with Gasteiger partial charge >= 0.3 is 5.97 Å². The van der Waals surface area contributed by atoms with Gasteiger partial charge in [0.1, 0.15) is 19.3 Å². The van der Waals surface area contributed by atoms with Crippen LogP contribution in [0.2, 0.25) is 0 Å². The van der Waals surface area contributed by atoms with E-state index in [1.807, 2.05) is 12.1 Å². The largest absolute Gasteiger partial charge is 0.493 e. The lowest BCUT2D eigenvalue weighted by Crippen LogP contribution is -2.37. The fraction of sp³-hybridized carbons (Fsp3) is 0.562. The van der Waals surface area contributed by atoms with Gasteiger partial charge in [-0.05, 0) is 19.1 Å². The predicted octanol–water partition coefficient (Wildman–Crippen LogP) is 1.40. The lowest BCUT2D eigenvalue weighted by molar-refractivity contribution is -0.172. The van der Waals surface area contributed by atoms with Gasteiger partial charge in [-0.2, -0.15) is 0 Å². The maximum atomic E-state index is 11.4. The highest BCUT2D eigenvalue weighted by molar-refractivity contribution is 5.70. The van der Waals surface area contributed by atoms with Crippen molar-refractivity contribution in [3.05, 3.63) is 24.3 Å². The van der Waals surface area contributed by atoms with Gasteiger partial charge in [0.25, 0.3) is 0 Å². The third-order valence-corrected chi connectivity index (χ3v) is 3.14. The number of hydrogen-bond acceptors (Lipinski definition) is 7. The van der Waals surface area contributed by atoms with E-state index in [-0.39, 0.29) is 13.2 Å². The van der Waals surface area contributed by atoms with Gasteiger partial charge in [0.05, 0.1) is 26.9 Å². The van der Waals surface area contributed by atoms with E-state index in [2.05, 4.69) is 0 Å². The van der Waals surface area contributed by atoms with Crippen molar-refractivity contribution in [2.75, 3.05) is 40.1 Å². The molecule has 7 nitrogen and oxygen atoms in total. The summed E-state index contributed by atoms with van der Waals surface area (Å²) in [6.45, 7) is 2.99. The molecule has 1 saturated heterocycles. The number of hydrogen-bond donors (Lipinski definition) is 0. The highest BCUT2D eigenvalue weighted by atomic mass is 16.7. The van der Waals surface area contributed by atoms with Crippen LogP contribution < -0.4 is 9.47 Å². The lowest BCUT2D eigenvalue weighted by atomic mass is 10.3. The Balaban J connectivity index is 1.92. The summed E-state index contributed by atoms with van der Waals surface area (Å²) < 4.78 is 32.2. The molecule has 1 heterocycles. The van der Waals surface area contributed by atoms with Crippen LogP contribution in [0.4, 0.5) is 0 Å². The molecule has 2 rings (SSSR count). The molecule has 1 atom stereocenters. The Kier molecular flexibility index (Phi) is 7.12. The SMILES string of the molecule is CCOC(=O)COC(COc1ccccc1OC)C1OCCO1. The van der Waals surface area contributed by atoms with Crippen molar-refractivity contribution < 1.29 is 33.2 Å². The Morgan fingerprint density at radius 1 is 1.26 bits per heavy atom.